The summed E-state index contributed by atoms with van der Waals surface area (Å²) in [6.45, 7) is 4.48. The van der Waals surface area contributed by atoms with Crippen LogP contribution >= 0.6 is 0 Å². The summed E-state index contributed by atoms with van der Waals surface area (Å²) in [5.41, 5.74) is 4.09. The second kappa shape index (κ2) is 7.70. The molecule has 1 aromatic heterocycles. The summed E-state index contributed by atoms with van der Waals surface area (Å²) in [5.74, 6) is -4.19. The van der Waals surface area contributed by atoms with Crippen LogP contribution < -0.4 is 5.32 Å². The lowest BCUT2D eigenvalue weighted by molar-refractivity contribution is -0.126. The van der Waals surface area contributed by atoms with Crippen LogP contribution in [0.1, 0.15) is 11.1 Å². The smallest absolute Gasteiger partial charge is 0.246 e. The molecule has 30 heavy (non-hydrogen) atoms. The van der Waals surface area contributed by atoms with Crippen molar-refractivity contribution < 1.29 is 18.0 Å². The Morgan fingerprint density at radius 1 is 1.23 bits per heavy atom. The monoisotopic (exact) mass is 412 g/mol. The highest BCUT2D eigenvalue weighted by Crippen LogP contribution is 2.37. The molecule has 0 atom stereocenters. The number of aryl methyl sites for hydroxylation is 1. The zero-order valence-corrected chi connectivity index (χ0v) is 16.3. The molecule has 0 spiro atoms. The summed E-state index contributed by atoms with van der Waals surface area (Å²) in [4.78, 5) is 18.2. The molecule has 4 rings (SSSR count). The van der Waals surface area contributed by atoms with Crippen molar-refractivity contribution in [1.29, 1.82) is 0 Å². The zero-order chi connectivity index (χ0) is 21.4. The van der Waals surface area contributed by atoms with Gasteiger partial charge in [-0.2, -0.15) is 0 Å². The molecular weight excluding hydrogens is 393 g/mol. The molecule has 154 valence electrons. The fraction of sp³-hybridized carbons (Fsp3) is 0.182. The number of benzene rings is 2. The minimum Gasteiger partial charge on any atom is -0.355 e. The average molecular weight is 412 g/mol. The number of nitrogens with zero attached hydrogens (tertiary/aromatic N) is 3. The van der Waals surface area contributed by atoms with E-state index in [1.165, 1.54) is 6.08 Å². The Labute approximate surface area is 171 Å². The van der Waals surface area contributed by atoms with Crippen LogP contribution in [0.5, 0.6) is 0 Å². The SMILES string of the molecule is C=CC(=O)N1CCc2c(ccc(Nc3cc(F)c(F)c(F)c3)c2-c2cn(C)cn2)C1. The number of hydrogen-bond acceptors (Lipinski definition) is 3. The number of aromatic nitrogens is 2. The van der Waals surface area contributed by atoms with Crippen molar-refractivity contribution in [2.45, 2.75) is 13.0 Å². The van der Waals surface area contributed by atoms with Gasteiger partial charge in [-0.1, -0.05) is 12.6 Å². The highest BCUT2D eigenvalue weighted by atomic mass is 19.2. The van der Waals surface area contributed by atoms with Gasteiger partial charge in [-0.05, 0) is 29.7 Å². The van der Waals surface area contributed by atoms with Crippen LogP contribution in [0.25, 0.3) is 11.3 Å². The Bertz CT molecular complexity index is 1130. The third-order valence-corrected chi connectivity index (χ3v) is 5.11. The fourth-order valence-corrected chi connectivity index (χ4v) is 3.70. The van der Waals surface area contributed by atoms with E-state index in [1.54, 1.807) is 21.9 Å². The van der Waals surface area contributed by atoms with Gasteiger partial charge in [0.05, 0.1) is 12.0 Å². The maximum Gasteiger partial charge on any atom is 0.246 e. The van der Waals surface area contributed by atoms with Gasteiger partial charge in [-0.25, -0.2) is 18.2 Å². The standard InChI is InChI=1S/C22H19F3N4O/c1-3-20(30)29-7-6-15-13(10-29)4-5-18(21(15)19-11-28(2)12-26-19)27-14-8-16(23)22(25)17(24)9-14/h3-5,8-9,11-12,27H,1,6-7,10H2,2H3. The lowest BCUT2D eigenvalue weighted by Crippen LogP contribution is -2.35. The van der Waals surface area contributed by atoms with E-state index in [0.717, 1.165) is 28.8 Å². The summed E-state index contributed by atoms with van der Waals surface area (Å²) < 4.78 is 42.5. The highest BCUT2D eigenvalue weighted by Gasteiger charge is 2.24. The third-order valence-electron chi connectivity index (χ3n) is 5.11. The first-order valence-corrected chi connectivity index (χ1v) is 9.33. The molecule has 0 radical (unpaired) electrons. The molecule has 2 heterocycles. The summed E-state index contributed by atoms with van der Waals surface area (Å²) in [6.07, 6.45) is 5.38. The van der Waals surface area contributed by atoms with E-state index in [4.69, 9.17) is 0 Å². The second-order valence-corrected chi connectivity index (χ2v) is 7.14. The van der Waals surface area contributed by atoms with Gasteiger partial charge in [0.15, 0.2) is 17.5 Å². The molecule has 1 aliphatic rings. The van der Waals surface area contributed by atoms with Crippen molar-refractivity contribution >= 4 is 17.3 Å². The number of hydrogen-bond donors (Lipinski definition) is 1. The number of imidazole rings is 1. The van der Waals surface area contributed by atoms with E-state index in [9.17, 15) is 18.0 Å². The largest absolute Gasteiger partial charge is 0.355 e. The molecule has 8 heteroatoms. The number of rotatable bonds is 4. The van der Waals surface area contributed by atoms with Crippen molar-refractivity contribution in [3.8, 4) is 11.3 Å². The van der Waals surface area contributed by atoms with Crippen molar-refractivity contribution in [2.75, 3.05) is 11.9 Å². The zero-order valence-electron chi connectivity index (χ0n) is 16.3. The van der Waals surface area contributed by atoms with Gasteiger partial charge in [0.25, 0.3) is 0 Å². The number of halogens is 3. The maximum atomic E-state index is 13.7. The summed E-state index contributed by atoms with van der Waals surface area (Å²) in [6, 6.07) is 5.45. The number of anilines is 2. The van der Waals surface area contributed by atoms with Crippen LogP contribution in [0, 0.1) is 17.5 Å². The maximum absolute atomic E-state index is 13.7. The first-order chi connectivity index (χ1) is 14.4. The molecule has 0 unspecified atom stereocenters. The van der Waals surface area contributed by atoms with E-state index < -0.39 is 17.5 Å². The Kier molecular flexibility index (Phi) is 5.07. The normalized spacial score (nSPS) is 13.1. The minimum atomic E-state index is -1.51. The Balaban J connectivity index is 1.80. The second-order valence-electron chi connectivity index (χ2n) is 7.14. The van der Waals surface area contributed by atoms with Crippen molar-refractivity contribution in [1.82, 2.24) is 14.5 Å². The summed E-state index contributed by atoms with van der Waals surface area (Å²) in [5, 5.41) is 2.99. The molecule has 0 saturated carbocycles. The van der Waals surface area contributed by atoms with Crippen molar-refractivity contribution in [3.63, 3.8) is 0 Å². The molecule has 0 fully saturated rings. The van der Waals surface area contributed by atoms with Crippen LogP contribution in [0.3, 0.4) is 0 Å². The van der Waals surface area contributed by atoms with Gasteiger partial charge < -0.3 is 14.8 Å². The van der Waals surface area contributed by atoms with Crippen molar-refractivity contribution in [2.24, 2.45) is 7.05 Å². The molecule has 0 aliphatic carbocycles. The molecule has 1 amide bonds. The van der Waals surface area contributed by atoms with Crippen molar-refractivity contribution in [3.05, 3.63) is 78.0 Å². The lowest BCUT2D eigenvalue weighted by Gasteiger charge is -2.30. The first-order valence-electron chi connectivity index (χ1n) is 9.33. The Morgan fingerprint density at radius 3 is 2.60 bits per heavy atom. The Morgan fingerprint density at radius 2 is 1.97 bits per heavy atom. The fourth-order valence-electron chi connectivity index (χ4n) is 3.70. The molecule has 1 aliphatic heterocycles. The van der Waals surface area contributed by atoms with E-state index in [1.807, 2.05) is 19.3 Å². The predicted molar refractivity (Wildman–Crippen MR) is 108 cm³/mol. The van der Waals surface area contributed by atoms with Gasteiger partial charge in [0.2, 0.25) is 5.91 Å². The number of carbonyl (C=O) groups excluding carboxylic acids is 1. The molecule has 0 bridgehead atoms. The predicted octanol–water partition coefficient (Wildman–Crippen LogP) is 4.32. The molecule has 3 aromatic rings. The topological polar surface area (TPSA) is 50.2 Å². The van der Waals surface area contributed by atoms with Crippen LogP contribution in [-0.4, -0.2) is 26.9 Å². The number of fused-ring (bicyclic) bond motifs is 1. The van der Waals surface area contributed by atoms with Gasteiger partial charge in [-0.3, -0.25) is 4.79 Å². The van der Waals surface area contributed by atoms with Crippen LogP contribution in [0.4, 0.5) is 24.5 Å². The van der Waals surface area contributed by atoms with E-state index in [-0.39, 0.29) is 11.6 Å². The lowest BCUT2D eigenvalue weighted by atomic mass is 9.91. The number of carbonyl (C=O) groups is 1. The minimum absolute atomic E-state index is 0.0859. The molecule has 1 N–H and O–H groups in total. The van der Waals surface area contributed by atoms with Crippen LogP contribution in [0.2, 0.25) is 0 Å². The number of nitrogens with one attached hydrogen (secondary N) is 1. The molecule has 2 aromatic carbocycles. The highest BCUT2D eigenvalue weighted by molar-refractivity contribution is 5.88. The van der Waals surface area contributed by atoms with Gasteiger partial charge >= 0.3 is 0 Å². The third kappa shape index (κ3) is 3.56. The van der Waals surface area contributed by atoms with Gasteiger partial charge in [0.1, 0.15) is 0 Å². The van der Waals surface area contributed by atoms with Crippen LogP contribution in [-0.2, 0) is 24.8 Å². The van der Waals surface area contributed by atoms with Crippen LogP contribution in [0.15, 0.2) is 49.4 Å². The summed E-state index contributed by atoms with van der Waals surface area (Å²) in [7, 11) is 1.84. The molecule has 0 saturated heterocycles. The quantitative estimate of drug-likeness (QED) is 0.513. The number of amides is 1. The first kappa shape index (κ1) is 19.8. The molecule has 5 nitrogen and oxygen atoms in total. The van der Waals surface area contributed by atoms with Gasteiger partial charge in [0, 0.05) is 55.4 Å². The molecular formula is C22H19F3N4O. The average Bonchev–Trinajstić information content (AvgIpc) is 3.16. The van der Waals surface area contributed by atoms with E-state index in [2.05, 4.69) is 16.9 Å². The Hall–Kier alpha value is -3.55. The van der Waals surface area contributed by atoms with Gasteiger partial charge in [-0.15, -0.1) is 0 Å². The summed E-state index contributed by atoms with van der Waals surface area (Å²) >= 11 is 0. The van der Waals surface area contributed by atoms with E-state index in [0.29, 0.717) is 30.9 Å². The van der Waals surface area contributed by atoms with E-state index >= 15 is 0 Å².